The molecule has 2 amide bonds. The zero-order chi connectivity index (χ0) is 14.1. The van der Waals surface area contributed by atoms with E-state index in [1.54, 1.807) is 12.4 Å². The third-order valence-electron chi connectivity index (χ3n) is 2.55. The summed E-state index contributed by atoms with van der Waals surface area (Å²) in [5.74, 6) is -1.00. The molecule has 1 aromatic heterocycles. The van der Waals surface area contributed by atoms with Gasteiger partial charge in [-0.25, -0.2) is 4.79 Å². The van der Waals surface area contributed by atoms with Crippen LogP contribution in [0.25, 0.3) is 0 Å². The fourth-order valence-electron chi connectivity index (χ4n) is 1.66. The number of rotatable bonds is 7. The van der Waals surface area contributed by atoms with Gasteiger partial charge < -0.3 is 15.3 Å². The first-order valence-electron chi connectivity index (χ1n) is 6.27. The summed E-state index contributed by atoms with van der Waals surface area (Å²) in [6, 6.07) is 3.43. The van der Waals surface area contributed by atoms with Crippen molar-refractivity contribution in [2.24, 2.45) is 0 Å². The fourth-order valence-corrected chi connectivity index (χ4v) is 1.66. The third kappa shape index (κ3) is 5.85. The molecular weight excluding hydrogens is 246 g/mol. The third-order valence-corrected chi connectivity index (χ3v) is 2.55. The van der Waals surface area contributed by atoms with Crippen LogP contribution in [0.2, 0.25) is 0 Å². The van der Waals surface area contributed by atoms with Gasteiger partial charge in [-0.2, -0.15) is 0 Å². The van der Waals surface area contributed by atoms with E-state index in [9.17, 15) is 9.59 Å². The second-order valence-electron chi connectivity index (χ2n) is 4.15. The largest absolute Gasteiger partial charge is 0.480 e. The summed E-state index contributed by atoms with van der Waals surface area (Å²) >= 11 is 0. The number of carbonyl (C=O) groups excluding carboxylic acids is 1. The molecule has 1 heterocycles. The average Bonchev–Trinajstić information content (AvgIpc) is 2.39. The minimum atomic E-state index is -1.00. The first kappa shape index (κ1) is 14.9. The lowest BCUT2D eigenvalue weighted by atomic mass is 10.2. The van der Waals surface area contributed by atoms with Crippen molar-refractivity contribution in [3.8, 4) is 0 Å². The molecule has 104 valence electrons. The first-order chi connectivity index (χ1) is 9.13. The number of carboxylic acid groups (broad SMARTS) is 1. The first-order valence-corrected chi connectivity index (χ1v) is 6.27. The number of nitrogens with one attached hydrogen (secondary N) is 1. The minimum absolute atomic E-state index is 0.269. The summed E-state index contributed by atoms with van der Waals surface area (Å²) in [7, 11) is 0. The topological polar surface area (TPSA) is 82.5 Å². The number of hydrogen-bond acceptors (Lipinski definition) is 3. The summed E-state index contributed by atoms with van der Waals surface area (Å²) in [6.45, 7) is 2.55. The van der Waals surface area contributed by atoms with E-state index >= 15 is 0 Å². The molecule has 0 saturated carbocycles. The number of urea groups is 1. The molecule has 19 heavy (non-hydrogen) atoms. The molecule has 0 unspecified atom stereocenters. The van der Waals surface area contributed by atoms with Crippen LogP contribution in [-0.2, 0) is 11.2 Å². The van der Waals surface area contributed by atoms with E-state index in [-0.39, 0.29) is 12.6 Å². The van der Waals surface area contributed by atoms with Gasteiger partial charge in [0, 0.05) is 25.5 Å². The highest BCUT2D eigenvalue weighted by Crippen LogP contribution is 1.97. The van der Waals surface area contributed by atoms with Crippen LogP contribution >= 0.6 is 0 Å². The van der Waals surface area contributed by atoms with Crippen LogP contribution < -0.4 is 5.32 Å². The molecule has 1 rings (SSSR count). The Balaban J connectivity index is 2.37. The lowest BCUT2D eigenvalue weighted by Gasteiger charge is -2.20. The van der Waals surface area contributed by atoms with Gasteiger partial charge in [-0.1, -0.05) is 6.92 Å². The van der Waals surface area contributed by atoms with Crippen molar-refractivity contribution in [3.63, 3.8) is 0 Å². The SMILES string of the molecule is CCCN(CC(=O)O)C(=O)NCCc1ccncc1. The molecule has 6 heteroatoms. The van der Waals surface area contributed by atoms with Gasteiger partial charge in [0.1, 0.15) is 6.54 Å². The molecule has 0 spiro atoms. The Morgan fingerprint density at radius 1 is 1.37 bits per heavy atom. The summed E-state index contributed by atoms with van der Waals surface area (Å²) in [5.41, 5.74) is 1.08. The van der Waals surface area contributed by atoms with Gasteiger partial charge in [-0.15, -0.1) is 0 Å². The Labute approximate surface area is 112 Å². The van der Waals surface area contributed by atoms with E-state index < -0.39 is 5.97 Å². The quantitative estimate of drug-likeness (QED) is 0.774. The van der Waals surface area contributed by atoms with Crippen molar-refractivity contribution in [2.75, 3.05) is 19.6 Å². The molecule has 2 N–H and O–H groups in total. The predicted molar refractivity (Wildman–Crippen MR) is 70.8 cm³/mol. The number of aliphatic carboxylic acids is 1. The molecule has 0 aromatic carbocycles. The Morgan fingerprint density at radius 3 is 2.63 bits per heavy atom. The summed E-state index contributed by atoms with van der Waals surface area (Å²) in [5, 5.41) is 11.5. The lowest BCUT2D eigenvalue weighted by molar-refractivity contribution is -0.137. The van der Waals surface area contributed by atoms with Gasteiger partial charge >= 0.3 is 12.0 Å². The van der Waals surface area contributed by atoms with Crippen LogP contribution in [-0.4, -0.2) is 46.6 Å². The van der Waals surface area contributed by atoms with Crippen LogP contribution in [0, 0.1) is 0 Å². The maximum Gasteiger partial charge on any atom is 0.323 e. The molecule has 0 bridgehead atoms. The summed E-state index contributed by atoms with van der Waals surface area (Å²) in [6.07, 6.45) is 4.82. The van der Waals surface area contributed by atoms with Gasteiger partial charge in [0.25, 0.3) is 0 Å². The van der Waals surface area contributed by atoms with Crippen LogP contribution in [0.5, 0.6) is 0 Å². The van der Waals surface area contributed by atoms with Gasteiger partial charge in [0.15, 0.2) is 0 Å². The predicted octanol–water partition coefficient (Wildman–Crippen LogP) is 1.13. The van der Waals surface area contributed by atoms with Crippen LogP contribution in [0.3, 0.4) is 0 Å². The summed E-state index contributed by atoms with van der Waals surface area (Å²) in [4.78, 5) is 27.7. The maximum absolute atomic E-state index is 11.8. The van der Waals surface area contributed by atoms with E-state index in [2.05, 4.69) is 10.3 Å². The number of amides is 2. The van der Waals surface area contributed by atoms with Crippen molar-refractivity contribution >= 4 is 12.0 Å². The van der Waals surface area contributed by atoms with E-state index in [0.717, 1.165) is 12.0 Å². The highest BCUT2D eigenvalue weighted by Gasteiger charge is 2.14. The Kier molecular flexibility index (Phi) is 6.35. The zero-order valence-corrected chi connectivity index (χ0v) is 11.0. The van der Waals surface area contributed by atoms with Crippen LogP contribution in [0.4, 0.5) is 4.79 Å². The number of hydrogen-bond donors (Lipinski definition) is 2. The molecule has 1 aromatic rings. The molecule has 0 aliphatic rings. The van der Waals surface area contributed by atoms with Crippen molar-refractivity contribution in [1.29, 1.82) is 0 Å². The Bertz CT molecular complexity index is 409. The Morgan fingerprint density at radius 2 is 2.05 bits per heavy atom. The number of nitrogens with zero attached hydrogens (tertiary/aromatic N) is 2. The Hall–Kier alpha value is -2.11. The van der Waals surface area contributed by atoms with E-state index in [1.165, 1.54) is 4.90 Å². The maximum atomic E-state index is 11.8. The molecule has 0 atom stereocenters. The van der Waals surface area contributed by atoms with Gasteiger partial charge in [-0.05, 0) is 30.5 Å². The van der Waals surface area contributed by atoms with Gasteiger partial charge in [0.05, 0.1) is 0 Å². The standard InChI is InChI=1S/C13H19N3O3/c1-2-9-16(10-12(17)18)13(19)15-8-5-11-3-6-14-7-4-11/h3-4,6-7H,2,5,8-10H2,1H3,(H,15,19)(H,17,18). The number of pyridine rings is 1. The van der Waals surface area contributed by atoms with Crippen LogP contribution in [0.15, 0.2) is 24.5 Å². The smallest absolute Gasteiger partial charge is 0.323 e. The molecule has 6 nitrogen and oxygen atoms in total. The molecule has 0 aliphatic heterocycles. The van der Waals surface area contributed by atoms with Crippen molar-refractivity contribution in [2.45, 2.75) is 19.8 Å². The minimum Gasteiger partial charge on any atom is -0.480 e. The number of carboxylic acids is 1. The fraction of sp³-hybridized carbons (Fsp3) is 0.462. The molecule has 0 fully saturated rings. The normalized spacial score (nSPS) is 9.95. The summed E-state index contributed by atoms with van der Waals surface area (Å²) < 4.78 is 0. The highest BCUT2D eigenvalue weighted by atomic mass is 16.4. The average molecular weight is 265 g/mol. The van der Waals surface area contributed by atoms with Crippen molar-refractivity contribution in [3.05, 3.63) is 30.1 Å². The monoisotopic (exact) mass is 265 g/mol. The molecule has 0 aliphatic carbocycles. The van der Waals surface area contributed by atoms with Gasteiger partial charge in [0.2, 0.25) is 0 Å². The van der Waals surface area contributed by atoms with E-state index in [1.807, 2.05) is 19.1 Å². The van der Waals surface area contributed by atoms with Gasteiger partial charge in [-0.3, -0.25) is 9.78 Å². The highest BCUT2D eigenvalue weighted by molar-refractivity contribution is 5.80. The zero-order valence-electron chi connectivity index (χ0n) is 11.0. The van der Waals surface area contributed by atoms with Crippen LogP contribution in [0.1, 0.15) is 18.9 Å². The lowest BCUT2D eigenvalue weighted by Crippen LogP contribution is -2.43. The number of carbonyl (C=O) groups is 2. The molecule has 0 radical (unpaired) electrons. The molecular formula is C13H19N3O3. The second kappa shape index (κ2) is 8.07. The molecule has 0 saturated heterocycles. The van der Waals surface area contributed by atoms with E-state index in [4.69, 9.17) is 5.11 Å². The second-order valence-corrected chi connectivity index (χ2v) is 4.15. The van der Waals surface area contributed by atoms with E-state index in [0.29, 0.717) is 19.5 Å². The van der Waals surface area contributed by atoms with Crippen molar-refractivity contribution in [1.82, 2.24) is 15.2 Å². The number of aromatic nitrogens is 1. The van der Waals surface area contributed by atoms with Crippen molar-refractivity contribution < 1.29 is 14.7 Å².